The van der Waals surface area contributed by atoms with Crippen molar-refractivity contribution in [3.8, 4) is 0 Å². The summed E-state index contributed by atoms with van der Waals surface area (Å²) in [5.41, 5.74) is 1.11. The van der Waals surface area contributed by atoms with Crippen LogP contribution in [0.5, 0.6) is 0 Å². The standard InChI is InChI=1S/C21H32O3/c1-19(2)13-15(22)18-16(14-19)24-21(23-3)12-8-5-9-17(21)20(18)10-6-4-7-11-20/h17H,4-14H2,1-3H3/t17-,21-/m1/s1. The van der Waals surface area contributed by atoms with E-state index in [4.69, 9.17) is 9.47 Å². The molecule has 4 aliphatic rings. The van der Waals surface area contributed by atoms with Crippen molar-refractivity contribution in [1.29, 1.82) is 0 Å². The quantitative estimate of drug-likeness (QED) is 0.666. The van der Waals surface area contributed by atoms with Crippen molar-refractivity contribution in [3.63, 3.8) is 0 Å². The molecule has 3 heteroatoms. The highest BCUT2D eigenvalue weighted by Gasteiger charge is 2.62. The number of allylic oxidation sites excluding steroid dienone is 2. The minimum atomic E-state index is -0.484. The van der Waals surface area contributed by atoms with Gasteiger partial charge in [0.05, 0.1) is 0 Å². The highest BCUT2D eigenvalue weighted by Crippen LogP contribution is 2.63. The number of ketones is 1. The predicted molar refractivity (Wildman–Crippen MR) is 93.3 cm³/mol. The van der Waals surface area contributed by atoms with E-state index in [1.807, 2.05) is 7.11 Å². The van der Waals surface area contributed by atoms with Crippen LogP contribution in [0.15, 0.2) is 11.3 Å². The number of rotatable bonds is 1. The Morgan fingerprint density at radius 3 is 2.42 bits per heavy atom. The fraction of sp³-hybridized carbons (Fsp3) is 0.857. The largest absolute Gasteiger partial charge is 0.466 e. The zero-order valence-corrected chi connectivity index (χ0v) is 15.6. The lowest BCUT2D eigenvalue weighted by atomic mass is 9.52. The van der Waals surface area contributed by atoms with Gasteiger partial charge in [-0.3, -0.25) is 4.79 Å². The number of carbonyl (C=O) groups excluding carboxylic acids is 1. The molecule has 2 fully saturated rings. The maximum absolute atomic E-state index is 13.2. The Morgan fingerprint density at radius 1 is 1.00 bits per heavy atom. The number of ether oxygens (including phenoxy) is 2. The number of hydrogen-bond acceptors (Lipinski definition) is 3. The minimum Gasteiger partial charge on any atom is -0.466 e. The lowest BCUT2D eigenvalue weighted by Gasteiger charge is -2.59. The average Bonchev–Trinajstić information content (AvgIpc) is 2.54. The predicted octanol–water partition coefficient (Wildman–Crippen LogP) is 5.14. The van der Waals surface area contributed by atoms with Crippen LogP contribution in [0.1, 0.15) is 84.5 Å². The van der Waals surface area contributed by atoms with E-state index in [0.717, 1.165) is 43.4 Å². The molecule has 24 heavy (non-hydrogen) atoms. The number of hydrogen-bond donors (Lipinski definition) is 0. The molecule has 1 aliphatic heterocycles. The first kappa shape index (κ1) is 16.6. The zero-order chi connectivity index (χ0) is 17.0. The van der Waals surface area contributed by atoms with Gasteiger partial charge in [-0.25, -0.2) is 0 Å². The molecule has 0 bridgehead atoms. The Balaban J connectivity index is 1.88. The third-order valence-electron chi connectivity index (χ3n) is 7.19. The molecule has 0 N–H and O–H groups in total. The van der Waals surface area contributed by atoms with Gasteiger partial charge in [0.2, 0.25) is 5.79 Å². The van der Waals surface area contributed by atoms with Crippen LogP contribution in [-0.2, 0) is 14.3 Å². The van der Waals surface area contributed by atoms with Gasteiger partial charge in [-0.05, 0) is 31.1 Å². The van der Waals surface area contributed by atoms with Crippen molar-refractivity contribution in [1.82, 2.24) is 0 Å². The molecule has 0 saturated heterocycles. The summed E-state index contributed by atoms with van der Waals surface area (Å²) in [4.78, 5) is 13.2. The monoisotopic (exact) mass is 332 g/mol. The second-order valence-electron chi connectivity index (χ2n) is 9.37. The summed E-state index contributed by atoms with van der Waals surface area (Å²) >= 11 is 0. The molecule has 1 spiro atoms. The molecule has 1 heterocycles. The van der Waals surface area contributed by atoms with Crippen LogP contribution in [0.4, 0.5) is 0 Å². The first-order chi connectivity index (χ1) is 11.4. The second kappa shape index (κ2) is 5.59. The Hall–Kier alpha value is -0.830. The topological polar surface area (TPSA) is 35.5 Å². The Bertz CT molecular complexity index is 568. The van der Waals surface area contributed by atoms with Gasteiger partial charge in [0, 0.05) is 43.3 Å². The van der Waals surface area contributed by atoms with Crippen LogP contribution < -0.4 is 0 Å². The number of methoxy groups -OCH3 is 1. The van der Waals surface area contributed by atoms with Gasteiger partial charge in [0.15, 0.2) is 5.78 Å². The first-order valence-corrected chi connectivity index (χ1v) is 9.94. The van der Waals surface area contributed by atoms with E-state index >= 15 is 0 Å². The Labute approximate surface area is 146 Å². The third-order valence-corrected chi connectivity index (χ3v) is 7.19. The van der Waals surface area contributed by atoms with Gasteiger partial charge in [-0.15, -0.1) is 0 Å². The van der Waals surface area contributed by atoms with Gasteiger partial charge in [0.25, 0.3) is 0 Å². The summed E-state index contributed by atoms with van der Waals surface area (Å²) in [6, 6.07) is 0. The second-order valence-corrected chi connectivity index (χ2v) is 9.37. The molecule has 0 aromatic heterocycles. The Kier molecular flexibility index (Phi) is 3.87. The molecule has 0 unspecified atom stereocenters. The molecular weight excluding hydrogens is 300 g/mol. The zero-order valence-electron chi connectivity index (χ0n) is 15.6. The molecule has 2 saturated carbocycles. The van der Waals surface area contributed by atoms with E-state index < -0.39 is 5.79 Å². The van der Waals surface area contributed by atoms with Crippen molar-refractivity contribution < 1.29 is 14.3 Å². The molecular formula is C21H32O3. The van der Waals surface area contributed by atoms with Gasteiger partial charge in [0.1, 0.15) is 5.76 Å². The van der Waals surface area contributed by atoms with E-state index in [2.05, 4.69) is 13.8 Å². The number of carbonyl (C=O) groups is 1. The maximum Gasteiger partial charge on any atom is 0.213 e. The summed E-state index contributed by atoms with van der Waals surface area (Å²) in [6.45, 7) is 4.38. The van der Waals surface area contributed by atoms with Crippen LogP contribution in [0.25, 0.3) is 0 Å². The van der Waals surface area contributed by atoms with Crippen LogP contribution in [0, 0.1) is 16.7 Å². The molecule has 0 aromatic rings. The van der Waals surface area contributed by atoms with E-state index in [9.17, 15) is 4.79 Å². The smallest absolute Gasteiger partial charge is 0.213 e. The van der Waals surface area contributed by atoms with Crippen molar-refractivity contribution in [2.24, 2.45) is 16.7 Å². The Morgan fingerprint density at radius 2 is 1.71 bits per heavy atom. The fourth-order valence-corrected chi connectivity index (χ4v) is 6.29. The first-order valence-electron chi connectivity index (χ1n) is 9.94. The lowest BCUT2D eigenvalue weighted by Crippen LogP contribution is -2.59. The summed E-state index contributed by atoms with van der Waals surface area (Å²) in [7, 11) is 1.82. The van der Waals surface area contributed by atoms with Crippen LogP contribution in [-0.4, -0.2) is 18.7 Å². The molecule has 2 atom stereocenters. The summed E-state index contributed by atoms with van der Waals surface area (Å²) in [5, 5.41) is 0. The van der Waals surface area contributed by atoms with E-state index in [0.29, 0.717) is 18.1 Å². The summed E-state index contributed by atoms with van der Waals surface area (Å²) in [6.07, 6.45) is 12.2. The van der Waals surface area contributed by atoms with Crippen LogP contribution in [0.3, 0.4) is 0 Å². The average molecular weight is 332 g/mol. The number of fused-ring (bicyclic) bond motifs is 3. The third kappa shape index (κ3) is 2.30. The highest BCUT2D eigenvalue weighted by molar-refractivity contribution is 5.98. The van der Waals surface area contributed by atoms with Gasteiger partial charge >= 0.3 is 0 Å². The van der Waals surface area contributed by atoms with Crippen molar-refractivity contribution in [2.45, 2.75) is 90.3 Å². The van der Waals surface area contributed by atoms with Crippen LogP contribution in [0.2, 0.25) is 0 Å². The number of Topliss-reactive ketones (excluding diaryl/α,β-unsaturated/α-hetero) is 1. The van der Waals surface area contributed by atoms with E-state index in [1.54, 1.807) is 0 Å². The fourth-order valence-electron chi connectivity index (χ4n) is 6.29. The normalized spacial score (nSPS) is 37.6. The maximum atomic E-state index is 13.2. The summed E-state index contributed by atoms with van der Waals surface area (Å²) in [5.74, 6) is 1.21. The lowest BCUT2D eigenvalue weighted by molar-refractivity contribution is -0.285. The molecule has 0 amide bonds. The molecule has 0 aromatic carbocycles. The van der Waals surface area contributed by atoms with Crippen molar-refractivity contribution in [2.75, 3.05) is 7.11 Å². The van der Waals surface area contributed by atoms with Crippen LogP contribution >= 0.6 is 0 Å². The highest BCUT2D eigenvalue weighted by atomic mass is 16.7. The molecule has 3 aliphatic carbocycles. The van der Waals surface area contributed by atoms with Crippen molar-refractivity contribution in [3.05, 3.63) is 11.3 Å². The minimum absolute atomic E-state index is 0.00219. The molecule has 4 rings (SSSR count). The van der Waals surface area contributed by atoms with E-state index in [-0.39, 0.29) is 10.8 Å². The molecule has 134 valence electrons. The molecule has 3 nitrogen and oxygen atoms in total. The van der Waals surface area contributed by atoms with Gasteiger partial charge in [-0.2, -0.15) is 0 Å². The molecule has 0 radical (unpaired) electrons. The SMILES string of the molecule is CO[C@@]12CCCC[C@@H]1C1(CCCCC1)C1=C(CC(C)(C)CC1=O)O2. The van der Waals surface area contributed by atoms with Crippen molar-refractivity contribution >= 4 is 5.78 Å². The van der Waals surface area contributed by atoms with Gasteiger partial charge in [-0.1, -0.05) is 39.5 Å². The van der Waals surface area contributed by atoms with E-state index in [1.165, 1.54) is 32.1 Å². The van der Waals surface area contributed by atoms with Gasteiger partial charge < -0.3 is 9.47 Å². The summed E-state index contributed by atoms with van der Waals surface area (Å²) < 4.78 is 12.7.